The molecular weight excluding hydrogens is 363 g/mol. The van der Waals surface area contributed by atoms with Crippen LogP contribution in [0.5, 0.6) is 17.2 Å². The monoisotopic (exact) mass is 386 g/mol. The van der Waals surface area contributed by atoms with E-state index in [0.29, 0.717) is 17.7 Å². The average Bonchev–Trinajstić information content (AvgIpc) is 2.56. The summed E-state index contributed by atoms with van der Waals surface area (Å²) in [4.78, 5) is -0.446. The summed E-state index contributed by atoms with van der Waals surface area (Å²) in [6.45, 7) is 2.13. The van der Waals surface area contributed by atoms with Gasteiger partial charge in [0.25, 0.3) is 10.1 Å². The van der Waals surface area contributed by atoms with Gasteiger partial charge in [0.2, 0.25) is 0 Å². The predicted octanol–water partition coefficient (Wildman–Crippen LogP) is 1.32. The molecule has 0 fully saturated rings. The van der Waals surface area contributed by atoms with Crippen LogP contribution in [0.25, 0.3) is 0 Å². The van der Waals surface area contributed by atoms with E-state index in [-0.39, 0.29) is 35.3 Å². The van der Waals surface area contributed by atoms with Crippen LogP contribution < -0.4 is 39.4 Å². The zero-order valence-electron chi connectivity index (χ0n) is 15.3. The van der Waals surface area contributed by atoms with E-state index in [1.54, 1.807) is 24.3 Å². The van der Waals surface area contributed by atoms with E-state index in [1.165, 1.54) is 6.07 Å². The molecule has 0 saturated heterocycles. The number of unbranched alkanes of at least 4 members (excludes halogenated alkanes) is 4. The van der Waals surface area contributed by atoms with Gasteiger partial charge in [0.1, 0.15) is 11.5 Å². The normalized spacial score (nSPS) is 11.0. The quantitative estimate of drug-likeness (QED) is 0.399. The van der Waals surface area contributed by atoms with Gasteiger partial charge in [-0.15, -0.1) is 5.75 Å². The van der Waals surface area contributed by atoms with Crippen molar-refractivity contribution in [3.05, 3.63) is 48.0 Å². The molecule has 0 atom stereocenters. The van der Waals surface area contributed by atoms with E-state index in [9.17, 15) is 18.1 Å². The van der Waals surface area contributed by atoms with Gasteiger partial charge in [0.15, 0.2) is 0 Å². The van der Waals surface area contributed by atoms with Crippen LogP contribution in [-0.4, -0.2) is 13.0 Å². The van der Waals surface area contributed by atoms with Gasteiger partial charge in [0, 0.05) is 6.07 Å². The van der Waals surface area contributed by atoms with E-state index in [2.05, 4.69) is 6.92 Å². The Hall–Kier alpha value is -1.05. The molecule has 0 aliphatic rings. The molecule has 7 heteroatoms. The molecule has 2 rings (SSSR count). The van der Waals surface area contributed by atoms with Crippen molar-refractivity contribution in [2.75, 3.05) is 0 Å². The summed E-state index contributed by atoms with van der Waals surface area (Å²) in [5, 5.41) is 12.4. The fourth-order valence-corrected chi connectivity index (χ4v) is 3.11. The molecule has 26 heavy (non-hydrogen) atoms. The van der Waals surface area contributed by atoms with Gasteiger partial charge in [-0.25, -0.2) is 0 Å². The molecule has 5 nitrogen and oxygen atoms in total. The molecule has 2 aromatic rings. The Labute approximate surface area is 177 Å². The third-order valence-electron chi connectivity index (χ3n) is 3.94. The Morgan fingerprint density at radius 3 is 2.31 bits per heavy atom. The van der Waals surface area contributed by atoms with Crippen molar-refractivity contribution in [3.8, 4) is 17.2 Å². The minimum atomic E-state index is -4.47. The van der Waals surface area contributed by atoms with Crippen LogP contribution in [0.4, 0.5) is 0 Å². The van der Waals surface area contributed by atoms with Crippen LogP contribution in [0.3, 0.4) is 0 Å². The van der Waals surface area contributed by atoms with Crippen molar-refractivity contribution in [1.82, 2.24) is 0 Å². The maximum atomic E-state index is 12.4. The zero-order valence-corrected chi connectivity index (χ0v) is 18.1. The maximum Gasteiger partial charge on any atom is 1.00 e. The van der Waals surface area contributed by atoms with Crippen LogP contribution in [0.1, 0.15) is 44.6 Å². The largest absolute Gasteiger partial charge is 1.00 e. The van der Waals surface area contributed by atoms with E-state index in [4.69, 9.17) is 4.74 Å². The minimum Gasteiger partial charge on any atom is -0.872 e. The van der Waals surface area contributed by atoms with Crippen LogP contribution in [-0.2, 0) is 16.5 Å². The minimum absolute atomic E-state index is 0. The SMILES string of the molecule is CCCCCCCc1c([O-])cc(S(=O)(=O)O)cc1Oc1ccccc1.[Na+]. The van der Waals surface area contributed by atoms with Crippen molar-refractivity contribution in [2.24, 2.45) is 0 Å². The standard InChI is InChI=1S/C19H24O5S.Na/c1-2-3-4-5-9-12-17-18(20)13-16(25(21,22)23)14-19(17)24-15-10-7-6-8-11-15;/h6-8,10-11,13-14,20H,2-5,9,12H2,1H3,(H,21,22,23);/q;+1/p-1. The molecule has 136 valence electrons. The summed E-state index contributed by atoms with van der Waals surface area (Å²) in [6.07, 6.45) is 5.72. The van der Waals surface area contributed by atoms with Gasteiger partial charge in [-0.3, -0.25) is 4.55 Å². The van der Waals surface area contributed by atoms with Crippen LogP contribution in [0, 0.1) is 0 Å². The third kappa shape index (κ3) is 6.93. The number of benzene rings is 2. The van der Waals surface area contributed by atoms with Gasteiger partial charge >= 0.3 is 29.6 Å². The molecule has 0 aliphatic carbocycles. The molecule has 1 N–H and O–H groups in total. The molecule has 0 aliphatic heterocycles. The molecule has 0 heterocycles. The van der Waals surface area contributed by atoms with Gasteiger partial charge in [0.05, 0.1) is 4.90 Å². The number of para-hydroxylation sites is 1. The Balaban J connectivity index is 0.00000338. The van der Waals surface area contributed by atoms with E-state index in [1.807, 2.05) is 6.07 Å². The molecule has 0 unspecified atom stereocenters. The smallest absolute Gasteiger partial charge is 0.872 e. The Bertz CT molecular complexity index is 791. The first kappa shape index (κ1) is 23.0. The molecule has 0 radical (unpaired) electrons. The number of hydrogen-bond donors (Lipinski definition) is 1. The molecule has 0 spiro atoms. The molecule has 2 aromatic carbocycles. The first-order valence-corrected chi connectivity index (χ1v) is 9.90. The number of hydrogen-bond acceptors (Lipinski definition) is 4. The second kappa shape index (κ2) is 10.9. The van der Waals surface area contributed by atoms with Crippen molar-refractivity contribution >= 4 is 10.1 Å². The molecule has 0 saturated carbocycles. The second-order valence-electron chi connectivity index (χ2n) is 5.95. The summed E-state index contributed by atoms with van der Waals surface area (Å²) in [5.41, 5.74) is 0.438. The maximum absolute atomic E-state index is 12.4. The fourth-order valence-electron chi connectivity index (χ4n) is 2.60. The van der Waals surface area contributed by atoms with Gasteiger partial charge < -0.3 is 9.84 Å². The van der Waals surface area contributed by atoms with E-state index >= 15 is 0 Å². The summed E-state index contributed by atoms with van der Waals surface area (Å²) in [7, 11) is -4.47. The van der Waals surface area contributed by atoms with Crippen LogP contribution in [0.15, 0.2) is 47.4 Å². The first-order chi connectivity index (χ1) is 11.9. The zero-order chi connectivity index (χ0) is 18.3. The van der Waals surface area contributed by atoms with Crippen molar-refractivity contribution in [3.63, 3.8) is 0 Å². The average molecular weight is 386 g/mol. The van der Waals surface area contributed by atoms with Gasteiger partial charge in [-0.2, -0.15) is 8.42 Å². The van der Waals surface area contributed by atoms with Crippen LogP contribution >= 0.6 is 0 Å². The Kier molecular flexibility index (Phi) is 9.68. The first-order valence-electron chi connectivity index (χ1n) is 8.46. The summed E-state index contributed by atoms with van der Waals surface area (Å²) < 4.78 is 37.8. The van der Waals surface area contributed by atoms with Crippen molar-refractivity contribution in [2.45, 2.75) is 50.3 Å². The van der Waals surface area contributed by atoms with E-state index in [0.717, 1.165) is 38.2 Å². The van der Waals surface area contributed by atoms with Crippen molar-refractivity contribution in [1.29, 1.82) is 0 Å². The number of ether oxygens (including phenoxy) is 1. The Morgan fingerprint density at radius 1 is 1.04 bits per heavy atom. The fraction of sp³-hybridized carbons (Fsp3) is 0.368. The van der Waals surface area contributed by atoms with Crippen LogP contribution in [0.2, 0.25) is 0 Å². The molecule has 0 aromatic heterocycles. The van der Waals surface area contributed by atoms with E-state index < -0.39 is 20.8 Å². The second-order valence-corrected chi connectivity index (χ2v) is 7.37. The topological polar surface area (TPSA) is 86.7 Å². The number of rotatable bonds is 9. The molecular formula is C19H23NaO5S. The summed E-state index contributed by atoms with van der Waals surface area (Å²) >= 11 is 0. The Morgan fingerprint density at radius 2 is 1.69 bits per heavy atom. The third-order valence-corrected chi connectivity index (χ3v) is 4.77. The summed E-state index contributed by atoms with van der Waals surface area (Å²) in [5.74, 6) is 0.250. The van der Waals surface area contributed by atoms with Gasteiger partial charge in [-0.1, -0.05) is 50.8 Å². The molecule has 0 bridgehead atoms. The van der Waals surface area contributed by atoms with Gasteiger partial charge in [-0.05, 0) is 36.6 Å². The predicted molar refractivity (Wildman–Crippen MR) is 94.7 cm³/mol. The summed E-state index contributed by atoms with van der Waals surface area (Å²) in [6, 6.07) is 11.0. The van der Waals surface area contributed by atoms with Crippen molar-refractivity contribution < 1.29 is 52.4 Å². The molecule has 0 amide bonds.